The first-order valence-electron chi connectivity index (χ1n) is 5.83. The summed E-state index contributed by atoms with van der Waals surface area (Å²) < 4.78 is 7.33. The molecule has 0 aliphatic heterocycles. The summed E-state index contributed by atoms with van der Waals surface area (Å²) in [4.78, 5) is 0. The minimum absolute atomic E-state index is 0.702. The summed E-state index contributed by atoms with van der Waals surface area (Å²) in [6.45, 7) is 7.46. The molecule has 1 aromatic heterocycles. The molecule has 0 saturated heterocycles. The standard InChI is InChI=1S/C11H22N4O/c1-10(2)4-6-16-7-5-15-9-11(8-12-3)13-14-15/h9-10,12H,4-8H2,1-3H3. The number of aromatic nitrogens is 3. The first-order chi connectivity index (χ1) is 7.72. The van der Waals surface area contributed by atoms with Gasteiger partial charge in [0.25, 0.3) is 0 Å². The molecule has 5 nitrogen and oxygen atoms in total. The van der Waals surface area contributed by atoms with E-state index in [0.717, 1.165) is 31.8 Å². The van der Waals surface area contributed by atoms with Crippen LogP contribution in [-0.2, 0) is 17.8 Å². The second-order valence-electron chi connectivity index (χ2n) is 4.30. The van der Waals surface area contributed by atoms with Crippen molar-refractivity contribution in [3.63, 3.8) is 0 Å². The fourth-order valence-corrected chi connectivity index (χ4v) is 1.29. The van der Waals surface area contributed by atoms with E-state index >= 15 is 0 Å². The number of hydrogen-bond acceptors (Lipinski definition) is 4. The highest BCUT2D eigenvalue weighted by atomic mass is 16.5. The van der Waals surface area contributed by atoms with Gasteiger partial charge in [0.15, 0.2) is 0 Å². The Hall–Kier alpha value is -0.940. The molecule has 0 aromatic carbocycles. The normalized spacial score (nSPS) is 11.2. The predicted octanol–water partition coefficient (Wildman–Crippen LogP) is 1.06. The van der Waals surface area contributed by atoms with Crippen LogP contribution in [0.15, 0.2) is 6.20 Å². The fraction of sp³-hybridized carbons (Fsp3) is 0.818. The molecule has 0 aliphatic rings. The zero-order valence-electron chi connectivity index (χ0n) is 10.4. The first-order valence-corrected chi connectivity index (χ1v) is 5.83. The maximum Gasteiger partial charge on any atom is 0.0964 e. The molecule has 0 unspecified atom stereocenters. The molecule has 16 heavy (non-hydrogen) atoms. The highest BCUT2D eigenvalue weighted by Crippen LogP contribution is 1.99. The van der Waals surface area contributed by atoms with Gasteiger partial charge in [0, 0.05) is 19.3 Å². The summed E-state index contributed by atoms with van der Waals surface area (Å²) in [5.74, 6) is 0.702. The van der Waals surface area contributed by atoms with E-state index in [1.165, 1.54) is 0 Å². The lowest BCUT2D eigenvalue weighted by Crippen LogP contribution is -2.08. The maximum absolute atomic E-state index is 5.51. The molecule has 1 aromatic rings. The maximum atomic E-state index is 5.51. The van der Waals surface area contributed by atoms with Crippen LogP contribution in [0.1, 0.15) is 26.0 Å². The molecule has 1 rings (SSSR count). The van der Waals surface area contributed by atoms with Gasteiger partial charge in [0.05, 0.1) is 18.8 Å². The van der Waals surface area contributed by atoms with Crippen molar-refractivity contribution < 1.29 is 4.74 Å². The van der Waals surface area contributed by atoms with E-state index in [1.807, 2.05) is 17.9 Å². The van der Waals surface area contributed by atoms with Crippen molar-refractivity contribution in [3.8, 4) is 0 Å². The Morgan fingerprint density at radius 3 is 2.94 bits per heavy atom. The van der Waals surface area contributed by atoms with Crippen LogP contribution in [0.25, 0.3) is 0 Å². The zero-order chi connectivity index (χ0) is 11.8. The second-order valence-corrected chi connectivity index (χ2v) is 4.30. The second kappa shape index (κ2) is 7.35. The molecule has 0 spiro atoms. The smallest absolute Gasteiger partial charge is 0.0964 e. The van der Waals surface area contributed by atoms with Gasteiger partial charge in [-0.3, -0.25) is 0 Å². The molecule has 1 heterocycles. The lowest BCUT2D eigenvalue weighted by atomic mass is 10.1. The third kappa shape index (κ3) is 5.23. The number of hydrogen-bond donors (Lipinski definition) is 1. The van der Waals surface area contributed by atoms with Crippen molar-refractivity contribution in [2.24, 2.45) is 5.92 Å². The van der Waals surface area contributed by atoms with E-state index in [1.54, 1.807) is 0 Å². The molecule has 0 bridgehead atoms. The summed E-state index contributed by atoms with van der Waals surface area (Å²) >= 11 is 0. The Balaban J connectivity index is 2.12. The van der Waals surface area contributed by atoms with Crippen molar-refractivity contribution in [2.45, 2.75) is 33.4 Å². The average Bonchev–Trinajstić information content (AvgIpc) is 2.65. The molecule has 0 radical (unpaired) electrons. The molecular formula is C11H22N4O. The van der Waals surface area contributed by atoms with Crippen molar-refractivity contribution >= 4 is 0 Å². The van der Waals surface area contributed by atoms with Crippen LogP contribution in [0.5, 0.6) is 0 Å². The van der Waals surface area contributed by atoms with Gasteiger partial charge in [-0.2, -0.15) is 0 Å². The molecule has 0 aliphatic carbocycles. The number of ether oxygens (including phenoxy) is 1. The van der Waals surface area contributed by atoms with E-state index in [0.29, 0.717) is 12.5 Å². The van der Waals surface area contributed by atoms with E-state index < -0.39 is 0 Å². The fourth-order valence-electron chi connectivity index (χ4n) is 1.29. The predicted molar refractivity (Wildman–Crippen MR) is 63.1 cm³/mol. The molecule has 92 valence electrons. The van der Waals surface area contributed by atoms with Crippen molar-refractivity contribution in [3.05, 3.63) is 11.9 Å². The SMILES string of the molecule is CNCc1cn(CCOCCC(C)C)nn1. The van der Waals surface area contributed by atoms with Crippen LogP contribution in [0, 0.1) is 5.92 Å². The molecule has 0 saturated carbocycles. The molecule has 5 heteroatoms. The number of rotatable bonds is 8. The Bertz CT molecular complexity index is 285. The molecule has 0 amide bonds. The van der Waals surface area contributed by atoms with Crippen molar-refractivity contribution in [1.29, 1.82) is 0 Å². The summed E-state index contributed by atoms with van der Waals surface area (Å²) in [7, 11) is 1.90. The van der Waals surface area contributed by atoms with Gasteiger partial charge in [0.1, 0.15) is 0 Å². The van der Waals surface area contributed by atoms with Gasteiger partial charge in [-0.05, 0) is 19.4 Å². The molecule has 0 atom stereocenters. The monoisotopic (exact) mass is 226 g/mol. The van der Waals surface area contributed by atoms with Crippen LogP contribution < -0.4 is 5.32 Å². The quantitative estimate of drug-likeness (QED) is 0.673. The zero-order valence-corrected chi connectivity index (χ0v) is 10.4. The lowest BCUT2D eigenvalue weighted by molar-refractivity contribution is 0.113. The third-order valence-electron chi connectivity index (χ3n) is 2.25. The van der Waals surface area contributed by atoms with Crippen LogP contribution >= 0.6 is 0 Å². The Morgan fingerprint density at radius 2 is 2.25 bits per heavy atom. The summed E-state index contributed by atoms with van der Waals surface area (Å²) in [6, 6.07) is 0. The third-order valence-corrected chi connectivity index (χ3v) is 2.25. The molecule has 1 N–H and O–H groups in total. The van der Waals surface area contributed by atoms with Gasteiger partial charge in [-0.1, -0.05) is 19.1 Å². The van der Waals surface area contributed by atoms with Gasteiger partial charge in [-0.25, -0.2) is 4.68 Å². The van der Waals surface area contributed by atoms with Crippen LogP contribution in [0.3, 0.4) is 0 Å². The Labute approximate surface area is 97.2 Å². The summed E-state index contributed by atoms with van der Waals surface area (Å²) in [5.41, 5.74) is 0.963. The topological polar surface area (TPSA) is 52.0 Å². The van der Waals surface area contributed by atoms with Gasteiger partial charge in [-0.15, -0.1) is 5.10 Å². The van der Waals surface area contributed by atoms with Crippen LogP contribution in [0.4, 0.5) is 0 Å². The van der Waals surface area contributed by atoms with E-state index in [2.05, 4.69) is 29.5 Å². The van der Waals surface area contributed by atoms with Crippen LogP contribution in [-0.4, -0.2) is 35.3 Å². The number of nitrogens with zero attached hydrogens (tertiary/aromatic N) is 3. The van der Waals surface area contributed by atoms with E-state index in [4.69, 9.17) is 4.74 Å². The number of nitrogens with one attached hydrogen (secondary N) is 1. The minimum Gasteiger partial charge on any atom is -0.380 e. The first kappa shape index (κ1) is 13.1. The Morgan fingerprint density at radius 1 is 1.44 bits per heavy atom. The van der Waals surface area contributed by atoms with Gasteiger partial charge >= 0.3 is 0 Å². The summed E-state index contributed by atoms with van der Waals surface area (Å²) in [6.07, 6.45) is 3.06. The van der Waals surface area contributed by atoms with Crippen LogP contribution in [0.2, 0.25) is 0 Å². The van der Waals surface area contributed by atoms with Gasteiger partial charge in [0.2, 0.25) is 0 Å². The molecule has 0 fully saturated rings. The highest BCUT2D eigenvalue weighted by molar-refractivity contribution is 4.90. The minimum atomic E-state index is 0.702. The van der Waals surface area contributed by atoms with Gasteiger partial charge < -0.3 is 10.1 Å². The Kier molecular flexibility index (Phi) is 6.03. The largest absolute Gasteiger partial charge is 0.380 e. The average molecular weight is 226 g/mol. The highest BCUT2D eigenvalue weighted by Gasteiger charge is 1.99. The lowest BCUT2D eigenvalue weighted by Gasteiger charge is -2.05. The molecular weight excluding hydrogens is 204 g/mol. The van der Waals surface area contributed by atoms with E-state index in [-0.39, 0.29) is 0 Å². The van der Waals surface area contributed by atoms with Crippen molar-refractivity contribution in [2.75, 3.05) is 20.3 Å². The van der Waals surface area contributed by atoms with E-state index in [9.17, 15) is 0 Å². The van der Waals surface area contributed by atoms with Crippen molar-refractivity contribution in [1.82, 2.24) is 20.3 Å². The summed E-state index contributed by atoms with van der Waals surface area (Å²) in [5, 5.41) is 11.1.